The van der Waals surface area contributed by atoms with Gasteiger partial charge in [0.25, 0.3) is 0 Å². The highest BCUT2D eigenvalue weighted by Crippen LogP contribution is 2.31. The molecule has 1 saturated heterocycles. The number of carboxylic acid groups (broad SMARTS) is 1. The van der Waals surface area contributed by atoms with Gasteiger partial charge in [0, 0.05) is 12.7 Å². The van der Waals surface area contributed by atoms with E-state index < -0.39 is 5.97 Å². The standard InChI is InChI=1S/C13H20N4O3/c1-2-13(4-3-5-14-9-13)12(20)16-10-6-15-17(7-10)8-11(18)19/h6-7,14H,2-5,8-9H2,1H3,(H,16,20)(H,18,19). The molecule has 1 aliphatic heterocycles. The Balaban J connectivity index is 2.02. The van der Waals surface area contributed by atoms with Crippen LogP contribution in [0.2, 0.25) is 0 Å². The van der Waals surface area contributed by atoms with Crippen LogP contribution in [0, 0.1) is 5.41 Å². The molecule has 2 rings (SSSR count). The Morgan fingerprint density at radius 1 is 1.60 bits per heavy atom. The van der Waals surface area contributed by atoms with Gasteiger partial charge in [-0.2, -0.15) is 5.10 Å². The van der Waals surface area contributed by atoms with E-state index in [0.29, 0.717) is 12.2 Å². The Labute approximate surface area is 117 Å². The van der Waals surface area contributed by atoms with Crippen molar-refractivity contribution in [2.45, 2.75) is 32.7 Å². The van der Waals surface area contributed by atoms with Crippen molar-refractivity contribution in [1.29, 1.82) is 0 Å². The minimum absolute atomic E-state index is 0.0259. The quantitative estimate of drug-likeness (QED) is 0.737. The van der Waals surface area contributed by atoms with Crippen LogP contribution in [-0.4, -0.2) is 39.9 Å². The molecule has 0 spiro atoms. The molecule has 1 aromatic rings. The lowest BCUT2D eigenvalue weighted by Crippen LogP contribution is -2.47. The van der Waals surface area contributed by atoms with Crippen molar-refractivity contribution in [3.63, 3.8) is 0 Å². The van der Waals surface area contributed by atoms with Crippen LogP contribution >= 0.6 is 0 Å². The maximum atomic E-state index is 12.4. The first-order valence-electron chi connectivity index (χ1n) is 6.82. The minimum atomic E-state index is -0.965. The number of hydrogen-bond donors (Lipinski definition) is 3. The van der Waals surface area contributed by atoms with E-state index in [-0.39, 0.29) is 17.9 Å². The zero-order valence-corrected chi connectivity index (χ0v) is 11.6. The number of carbonyl (C=O) groups is 2. The molecule has 1 atom stereocenters. The Kier molecular flexibility index (Phi) is 4.39. The van der Waals surface area contributed by atoms with Gasteiger partial charge in [-0.3, -0.25) is 14.3 Å². The summed E-state index contributed by atoms with van der Waals surface area (Å²) in [7, 11) is 0. The van der Waals surface area contributed by atoms with Gasteiger partial charge in [-0.05, 0) is 25.8 Å². The van der Waals surface area contributed by atoms with Crippen LogP contribution in [0.4, 0.5) is 5.69 Å². The third-order valence-electron chi connectivity index (χ3n) is 3.82. The molecular formula is C13H20N4O3. The highest BCUT2D eigenvalue weighted by Gasteiger charge is 2.37. The highest BCUT2D eigenvalue weighted by molar-refractivity contribution is 5.95. The number of hydrogen-bond acceptors (Lipinski definition) is 4. The molecule has 3 N–H and O–H groups in total. The van der Waals surface area contributed by atoms with Crippen LogP contribution in [0.3, 0.4) is 0 Å². The molecule has 0 saturated carbocycles. The largest absolute Gasteiger partial charge is 0.480 e. The van der Waals surface area contributed by atoms with Gasteiger partial charge >= 0.3 is 5.97 Å². The second-order valence-electron chi connectivity index (χ2n) is 5.19. The number of nitrogens with one attached hydrogen (secondary N) is 2. The molecule has 7 heteroatoms. The van der Waals surface area contributed by atoms with E-state index >= 15 is 0 Å². The molecule has 2 heterocycles. The summed E-state index contributed by atoms with van der Waals surface area (Å²) < 4.78 is 1.29. The number of anilines is 1. The predicted octanol–water partition coefficient (Wildman–Crippen LogP) is 0.686. The van der Waals surface area contributed by atoms with Crippen LogP contribution < -0.4 is 10.6 Å². The number of amides is 1. The first-order chi connectivity index (χ1) is 9.55. The molecule has 0 aliphatic carbocycles. The maximum Gasteiger partial charge on any atom is 0.325 e. The smallest absolute Gasteiger partial charge is 0.325 e. The van der Waals surface area contributed by atoms with Crippen molar-refractivity contribution in [3.05, 3.63) is 12.4 Å². The number of rotatable bonds is 5. The lowest BCUT2D eigenvalue weighted by atomic mass is 9.77. The van der Waals surface area contributed by atoms with Crippen LogP contribution in [0.15, 0.2) is 12.4 Å². The fourth-order valence-corrected chi connectivity index (χ4v) is 2.54. The lowest BCUT2D eigenvalue weighted by molar-refractivity contribution is -0.137. The number of nitrogens with zero attached hydrogens (tertiary/aromatic N) is 2. The molecule has 20 heavy (non-hydrogen) atoms. The van der Waals surface area contributed by atoms with Crippen molar-refractivity contribution in [2.24, 2.45) is 5.41 Å². The molecule has 0 radical (unpaired) electrons. The summed E-state index contributed by atoms with van der Waals surface area (Å²) in [5.41, 5.74) is 0.155. The van der Waals surface area contributed by atoms with Crippen molar-refractivity contribution >= 4 is 17.6 Å². The van der Waals surface area contributed by atoms with Crippen molar-refractivity contribution in [3.8, 4) is 0 Å². The van der Waals surface area contributed by atoms with Gasteiger partial charge in [0.05, 0.1) is 17.3 Å². The van der Waals surface area contributed by atoms with Gasteiger partial charge in [0.15, 0.2) is 0 Å². The van der Waals surface area contributed by atoms with E-state index in [2.05, 4.69) is 15.7 Å². The van der Waals surface area contributed by atoms with Gasteiger partial charge in [-0.25, -0.2) is 0 Å². The average Bonchev–Trinajstić information content (AvgIpc) is 2.85. The van der Waals surface area contributed by atoms with E-state index in [1.807, 2.05) is 6.92 Å². The lowest BCUT2D eigenvalue weighted by Gasteiger charge is -2.35. The predicted molar refractivity (Wildman–Crippen MR) is 73.3 cm³/mol. The van der Waals surface area contributed by atoms with E-state index in [0.717, 1.165) is 25.8 Å². The fourth-order valence-electron chi connectivity index (χ4n) is 2.54. The van der Waals surface area contributed by atoms with Gasteiger partial charge in [0.1, 0.15) is 6.54 Å². The highest BCUT2D eigenvalue weighted by atomic mass is 16.4. The van der Waals surface area contributed by atoms with Gasteiger partial charge < -0.3 is 15.7 Å². The van der Waals surface area contributed by atoms with Gasteiger partial charge in [-0.15, -0.1) is 0 Å². The number of piperidine rings is 1. The second kappa shape index (κ2) is 6.04. The van der Waals surface area contributed by atoms with Crippen LogP contribution in [0.5, 0.6) is 0 Å². The van der Waals surface area contributed by atoms with Crippen molar-refractivity contribution < 1.29 is 14.7 Å². The molecule has 1 amide bonds. The molecule has 0 aromatic carbocycles. The number of carboxylic acids is 1. The monoisotopic (exact) mass is 280 g/mol. The van der Waals surface area contributed by atoms with E-state index in [9.17, 15) is 9.59 Å². The molecule has 1 aromatic heterocycles. The molecule has 7 nitrogen and oxygen atoms in total. The maximum absolute atomic E-state index is 12.4. The SMILES string of the molecule is CCC1(C(=O)Nc2cnn(CC(=O)O)c2)CCCNC1. The fraction of sp³-hybridized carbons (Fsp3) is 0.615. The molecule has 1 unspecified atom stereocenters. The average molecular weight is 280 g/mol. The van der Waals surface area contributed by atoms with Gasteiger partial charge in [-0.1, -0.05) is 6.92 Å². The van der Waals surface area contributed by atoms with E-state index in [4.69, 9.17) is 5.11 Å². The summed E-state index contributed by atoms with van der Waals surface area (Å²) in [6, 6.07) is 0. The van der Waals surface area contributed by atoms with Crippen molar-refractivity contribution in [1.82, 2.24) is 15.1 Å². The molecule has 0 bridgehead atoms. The Hall–Kier alpha value is -1.89. The minimum Gasteiger partial charge on any atom is -0.480 e. The summed E-state index contributed by atoms with van der Waals surface area (Å²) in [5.74, 6) is -0.991. The molecule has 1 aliphatic rings. The Morgan fingerprint density at radius 2 is 2.40 bits per heavy atom. The molecule has 1 fully saturated rings. The summed E-state index contributed by atoms with van der Waals surface area (Å²) in [4.78, 5) is 23.0. The number of aromatic nitrogens is 2. The third-order valence-corrected chi connectivity index (χ3v) is 3.82. The zero-order valence-electron chi connectivity index (χ0n) is 11.6. The molecule has 110 valence electrons. The second-order valence-corrected chi connectivity index (χ2v) is 5.19. The van der Waals surface area contributed by atoms with E-state index in [1.165, 1.54) is 17.1 Å². The van der Waals surface area contributed by atoms with Gasteiger partial charge in [0.2, 0.25) is 5.91 Å². The topological polar surface area (TPSA) is 96.2 Å². The van der Waals surface area contributed by atoms with Crippen molar-refractivity contribution in [2.75, 3.05) is 18.4 Å². The zero-order chi connectivity index (χ0) is 14.6. The third kappa shape index (κ3) is 3.16. The Morgan fingerprint density at radius 3 is 3.00 bits per heavy atom. The van der Waals surface area contributed by atoms with Crippen LogP contribution in [0.25, 0.3) is 0 Å². The summed E-state index contributed by atoms with van der Waals surface area (Å²) in [6.45, 7) is 3.43. The summed E-state index contributed by atoms with van der Waals surface area (Å²) in [5, 5.41) is 18.7. The first kappa shape index (κ1) is 14.5. The number of carbonyl (C=O) groups excluding carboxylic acids is 1. The van der Waals surface area contributed by atoms with Crippen LogP contribution in [0.1, 0.15) is 26.2 Å². The van der Waals surface area contributed by atoms with Crippen LogP contribution in [-0.2, 0) is 16.1 Å². The first-order valence-corrected chi connectivity index (χ1v) is 6.82. The number of aliphatic carboxylic acids is 1. The summed E-state index contributed by atoms with van der Waals surface area (Å²) >= 11 is 0. The Bertz CT molecular complexity index is 492. The normalized spacial score (nSPS) is 22.4. The summed E-state index contributed by atoms with van der Waals surface area (Å²) in [6.07, 6.45) is 5.63. The van der Waals surface area contributed by atoms with E-state index in [1.54, 1.807) is 0 Å². The molecular weight excluding hydrogens is 260 g/mol.